The van der Waals surface area contributed by atoms with E-state index in [1.165, 1.54) is 4.90 Å². The van der Waals surface area contributed by atoms with Crippen LogP contribution in [0.3, 0.4) is 0 Å². The number of halogens is 1. The van der Waals surface area contributed by atoms with Crippen LogP contribution in [0, 0.1) is 0 Å². The molecule has 0 bridgehead atoms. The summed E-state index contributed by atoms with van der Waals surface area (Å²) >= 11 is 3.42. The molecule has 1 N–H and O–H groups in total. The van der Waals surface area contributed by atoms with Gasteiger partial charge in [-0.2, -0.15) is 0 Å². The van der Waals surface area contributed by atoms with Crippen molar-refractivity contribution >= 4 is 39.1 Å². The molecule has 1 heterocycles. The lowest BCUT2D eigenvalue weighted by Gasteiger charge is -2.25. The van der Waals surface area contributed by atoms with Crippen LogP contribution < -0.4 is 14.4 Å². The second kappa shape index (κ2) is 9.50. The highest BCUT2D eigenvalue weighted by atomic mass is 79.9. The van der Waals surface area contributed by atoms with Crippen molar-refractivity contribution < 1.29 is 24.2 Å². The summed E-state index contributed by atoms with van der Waals surface area (Å²) in [6.45, 7) is 2.40. The molecular formula is C26H22BrNO5. The van der Waals surface area contributed by atoms with Gasteiger partial charge in [-0.3, -0.25) is 14.5 Å². The number of nitrogens with zero attached hydrogens (tertiary/aromatic N) is 1. The predicted octanol–water partition coefficient (Wildman–Crippen LogP) is 5.48. The smallest absolute Gasteiger partial charge is 0.300 e. The van der Waals surface area contributed by atoms with Crippen molar-refractivity contribution in [2.45, 2.75) is 13.0 Å². The summed E-state index contributed by atoms with van der Waals surface area (Å²) in [7, 11) is 1.56. The highest BCUT2D eigenvalue weighted by Crippen LogP contribution is 2.42. The summed E-state index contributed by atoms with van der Waals surface area (Å²) < 4.78 is 11.5. The second-order valence-electron chi connectivity index (χ2n) is 7.38. The van der Waals surface area contributed by atoms with E-state index in [1.807, 2.05) is 31.2 Å². The number of rotatable bonds is 6. The molecule has 0 unspecified atom stereocenters. The van der Waals surface area contributed by atoms with Gasteiger partial charge in [-0.05, 0) is 73.2 Å². The third-order valence-corrected chi connectivity index (χ3v) is 5.95. The first-order valence-electron chi connectivity index (χ1n) is 10.4. The van der Waals surface area contributed by atoms with Gasteiger partial charge in [0.15, 0.2) is 0 Å². The van der Waals surface area contributed by atoms with Crippen LogP contribution in [0.15, 0.2) is 82.8 Å². The van der Waals surface area contributed by atoms with E-state index in [4.69, 9.17) is 9.47 Å². The first-order valence-corrected chi connectivity index (χ1v) is 11.2. The maximum absolute atomic E-state index is 13.2. The quantitative estimate of drug-likeness (QED) is 0.271. The maximum Gasteiger partial charge on any atom is 0.300 e. The number of anilines is 1. The average molecular weight is 508 g/mol. The minimum absolute atomic E-state index is 0.0299. The number of aliphatic hydroxyl groups is 1. The minimum atomic E-state index is -0.793. The van der Waals surface area contributed by atoms with E-state index in [2.05, 4.69) is 15.9 Å². The van der Waals surface area contributed by atoms with E-state index in [0.717, 1.165) is 4.47 Å². The van der Waals surface area contributed by atoms with Gasteiger partial charge in [-0.25, -0.2) is 0 Å². The Balaban J connectivity index is 1.86. The molecule has 3 aromatic rings. The lowest BCUT2D eigenvalue weighted by Crippen LogP contribution is -2.29. The Morgan fingerprint density at radius 2 is 1.55 bits per heavy atom. The Morgan fingerprint density at radius 3 is 2.12 bits per heavy atom. The zero-order valence-electron chi connectivity index (χ0n) is 18.1. The summed E-state index contributed by atoms with van der Waals surface area (Å²) in [5, 5.41) is 11.2. The van der Waals surface area contributed by atoms with Crippen LogP contribution in [0.2, 0.25) is 0 Å². The van der Waals surface area contributed by atoms with Crippen LogP contribution in [0.5, 0.6) is 11.5 Å². The summed E-state index contributed by atoms with van der Waals surface area (Å²) in [5.41, 5.74) is 1.67. The number of carbonyl (C=O) groups excluding carboxylic acids is 2. The fourth-order valence-electron chi connectivity index (χ4n) is 3.83. The summed E-state index contributed by atoms with van der Waals surface area (Å²) in [6.07, 6.45) is 0. The topological polar surface area (TPSA) is 76.1 Å². The Bertz CT molecular complexity index is 1200. The van der Waals surface area contributed by atoms with Crippen LogP contribution in [-0.4, -0.2) is 30.5 Å². The van der Waals surface area contributed by atoms with Gasteiger partial charge in [-0.1, -0.05) is 28.1 Å². The van der Waals surface area contributed by atoms with Crippen molar-refractivity contribution in [1.29, 1.82) is 0 Å². The van der Waals surface area contributed by atoms with Crippen molar-refractivity contribution in [2.24, 2.45) is 0 Å². The third-order valence-electron chi connectivity index (χ3n) is 5.42. The predicted molar refractivity (Wildman–Crippen MR) is 130 cm³/mol. The van der Waals surface area contributed by atoms with E-state index in [0.29, 0.717) is 34.9 Å². The average Bonchev–Trinajstić information content (AvgIpc) is 3.10. The zero-order chi connectivity index (χ0) is 23.5. The largest absolute Gasteiger partial charge is 0.507 e. The van der Waals surface area contributed by atoms with Gasteiger partial charge in [0, 0.05) is 15.7 Å². The molecule has 1 fully saturated rings. The number of amides is 1. The van der Waals surface area contributed by atoms with Crippen LogP contribution in [-0.2, 0) is 9.59 Å². The maximum atomic E-state index is 13.2. The first kappa shape index (κ1) is 22.6. The monoisotopic (exact) mass is 507 g/mol. The SMILES string of the molecule is CCOc1ccc(/C(O)=C2\C(=O)C(=O)N(c3ccc(OC)cc3)[C@H]2c2ccc(Br)cc2)cc1. The molecule has 6 nitrogen and oxygen atoms in total. The molecule has 1 saturated heterocycles. The van der Waals surface area contributed by atoms with Crippen LogP contribution in [0.4, 0.5) is 5.69 Å². The standard InChI is InChI=1S/C26H22BrNO5/c1-3-33-21-12-6-17(7-13-21)24(29)22-23(16-4-8-18(27)9-5-16)28(26(31)25(22)30)19-10-14-20(32-2)15-11-19/h4-15,23,29H,3H2,1-2H3/b24-22+/t23-/m0/s1. The molecule has 4 rings (SSSR count). The van der Waals surface area contributed by atoms with Gasteiger partial charge in [0.25, 0.3) is 11.7 Å². The van der Waals surface area contributed by atoms with E-state index in [-0.39, 0.29) is 11.3 Å². The van der Waals surface area contributed by atoms with Gasteiger partial charge < -0.3 is 14.6 Å². The number of ketones is 1. The molecule has 1 aliphatic rings. The molecule has 0 saturated carbocycles. The summed E-state index contributed by atoms with van der Waals surface area (Å²) in [5.74, 6) is -0.409. The molecular weight excluding hydrogens is 486 g/mol. The molecule has 1 aliphatic heterocycles. The van der Waals surface area contributed by atoms with Gasteiger partial charge >= 0.3 is 0 Å². The molecule has 33 heavy (non-hydrogen) atoms. The lowest BCUT2D eigenvalue weighted by atomic mass is 9.95. The van der Waals surface area contributed by atoms with Gasteiger partial charge in [0.05, 0.1) is 25.3 Å². The number of Topliss-reactive ketones (excluding diaryl/α,β-unsaturated/α-hetero) is 1. The number of methoxy groups -OCH3 is 1. The van der Waals surface area contributed by atoms with Crippen LogP contribution >= 0.6 is 15.9 Å². The van der Waals surface area contributed by atoms with Crippen molar-refractivity contribution in [3.05, 3.63) is 94.0 Å². The molecule has 7 heteroatoms. The summed E-state index contributed by atoms with van der Waals surface area (Å²) in [6, 6.07) is 20.2. The van der Waals surface area contributed by atoms with E-state index in [1.54, 1.807) is 55.6 Å². The second-order valence-corrected chi connectivity index (χ2v) is 8.29. The van der Waals surface area contributed by atoms with Gasteiger partial charge in [0.2, 0.25) is 0 Å². The van der Waals surface area contributed by atoms with E-state index in [9.17, 15) is 14.7 Å². The van der Waals surface area contributed by atoms with E-state index < -0.39 is 17.7 Å². The minimum Gasteiger partial charge on any atom is -0.507 e. The highest BCUT2D eigenvalue weighted by molar-refractivity contribution is 9.10. The normalized spacial score (nSPS) is 17.3. The fourth-order valence-corrected chi connectivity index (χ4v) is 4.10. The van der Waals surface area contributed by atoms with Crippen molar-refractivity contribution in [3.63, 3.8) is 0 Å². The summed E-state index contributed by atoms with van der Waals surface area (Å²) in [4.78, 5) is 27.8. The first-order chi connectivity index (χ1) is 15.9. The molecule has 0 aromatic heterocycles. The van der Waals surface area contributed by atoms with Crippen molar-refractivity contribution in [2.75, 3.05) is 18.6 Å². The molecule has 1 amide bonds. The highest BCUT2D eigenvalue weighted by Gasteiger charge is 2.46. The van der Waals surface area contributed by atoms with E-state index >= 15 is 0 Å². The fraction of sp³-hybridized carbons (Fsp3) is 0.154. The molecule has 1 atom stereocenters. The van der Waals surface area contributed by atoms with Crippen LogP contribution in [0.25, 0.3) is 5.76 Å². The Hall–Kier alpha value is -3.58. The molecule has 0 spiro atoms. The lowest BCUT2D eigenvalue weighted by molar-refractivity contribution is -0.132. The number of ether oxygens (including phenoxy) is 2. The Kier molecular flexibility index (Phi) is 6.51. The number of benzene rings is 3. The number of hydrogen-bond donors (Lipinski definition) is 1. The molecule has 0 aliphatic carbocycles. The third kappa shape index (κ3) is 4.36. The number of aliphatic hydroxyl groups excluding tert-OH is 1. The van der Waals surface area contributed by atoms with Crippen molar-refractivity contribution in [3.8, 4) is 11.5 Å². The van der Waals surface area contributed by atoms with Crippen LogP contribution in [0.1, 0.15) is 24.1 Å². The number of hydrogen-bond acceptors (Lipinski definition) is 5. The molecule has 168 valence electrons. The molecule has 3 aromatic carbocycles. The number of carbonyl (C=O) groups is 2. The van der Waals surface area contributed by atoms with Gasteiger partial charge in [-0.15, -0.1) is 0 Å². The zero-order valence-corrected chi connectivity index (χ0v) is 19.7. The van der Waals surface area contributed by atoms with Crippen molar-refractivity contribution in [1.82, 2.24) is 0 Å². The Labute approximate surface area is 200 Å². The molecule has 0 radical (unpaired) electrons. The van der Waals surface area contributed by atoms with Gasteiger partial charge in [0.1, 0.15) is 17.3 Å². The Morgan fingerprint density at radius 1 is 0.939 bits per heavy atom.